The number of carboxylic acids is 1. The van der Waals surface area contributed by atoms with Gasteiger partial charge in [-0.3, -0.25) is 9.69 Å². The summed E-state index contributed by atoms with van der Waals surface area (Å²) < 4.78 is 11.7. The highest BCUT2D eigenvalue weighted by Gasteiger charge is 2.33. The zero-order valence-corrected chi connectivity index (χ0v) is 19.4. The Bertz CT molecular complexity index is 995. The third-order valence-electron chi connectivity index (χ3n) is 6.60. The number of fused-ring (bicyclic) bond motifs is 1. The first-order chi connectivity index (χ1) is 15.4. The third kappa shape index (κ3) is 5.17. The molecule has 6 heteroatoms. The van der Waals surface area contributed by atoms with E-state index >= 15 is 0 Å². The number of rotatable bonds is 9. The third-order valence-corrected chi connectivity index (χ3v) is 6.86. The number of carbonyl (C=O) groups is 1. The molecule has 0 aromatic heterocycles. The molecule has 0 amide bonds. The van der Waals surface area contributed by atoms with Crippen LogP contribution in [0.2, 0.25) is 5.02 Å². The molecule has 5 nitrogen and oxygen atoms in total. The van der Waals surface area contributed by atoms with Crippen molar-refractivity contribution in [2.45, 2.75) is 32.3 Å². The molecule has 1 unspecified atom stereocenters. The SMILES string of the molecule is COC(CCOc1ccc2c(c1)CCC(CN1CC(C(=O)O)C1)=C2C)c1ccc(Cl)cc1. The summed E-state index contributed by atoms with van der Waals surface area (Å²) in [7, 11) is 1.72. The standard InChI is InChI=1S/C26H30ClNO4/c1-17-20(14-28-15-21(16-28)26(29)30)4-3-19-13-23(9-10-24(17)19)32-12-11-25(31-2)18-5-7-22(27)8-6-18/h5-10,13,21,25H,3-4,11-12,14-16H2,1-2H3,(H,29,30). The number of benzene rings is 2. The summed E-state index contributed by atoms with van der Waals surface area (Å²) in [6.45, 7) is 4.93. The zero-order valence-electron chi connectivity index (χ0n) is 18.6. The molecule has 1 fully saturated rings. The first kappa shape index (κ1) is 22.8. The van der Waals surface area contributed by atoms with E-state index < -0.39 is 5.97 Å². The van der Waals surface area contributed by atoms with E-state index in [1.807, 2.05) is 30.3 Å². The fraction of sp³-hybridized carbons (Fsp3) is 0.423. The van der Waals surface area contributed by atoms with Crippen molar-refractivity contribution in [2.24, 2.45) is 5.92 Å². The summed E-state index contributed by atoms with van der Waals surface area (Å²) in [5.41, 5.74) is 6.43. The van der Waals surface area contributed by atoms with Crippen LogP contribution in [0.3, 0.4) is 0 Å². The lowest BCUT2D eigenvalue weighted by Gasteiger charge is -2.38. The number of hydrogen-bond donors (Lipinski definition) is 1. The van der Waals surface area contributed by atoms with Crippen LogP contribution in [0.5, 0.6) is 5.75 Å². The van der Waals surface area contributed by atoms with Crippen molar-refractivity contribution in [3.05, 3.63) is 69.8 Å². The number of ether oxygens (including phenoxy) is 2. The minimum atomic E-state index is -0.682. The van der Waals surface area contributed by atoms with Gasteiger partial charge in [0.1, 0.15) is 5.75 Å². The lowest BCUT2D eigenvalue weighted by Crippen LogP contribution is -2.50. The zero-order chi connectivity index (χ0) is 22.7. The Morgan fingerprint density at radius 3 is 2.62 bits per heavy atom. The molecular formula is C26H30ClNO4. The van der Waals surface area contributed by atoms with Crippen molar-refractivity contribution in [1.29, 1.82) is 0 Å². The Hall–Kier alpha value is -2.34. The fourth-order valence-corrected chi connectivity index (χ4v) is 4.73. The van der Waals surface area contributed by atoms with E-state index in [2.05, 4.69) is 24.0 Å². The Morgan fingerprint density at radius 2 is 1.94 bits per heavy atom. The van der Waals surface area contributed by atoms with E-state index in [4.69, 9.17) is 26.2 Å². The van der Waals surface area contributed by atoms with Crippen molar-refractivity contribution in [3.8, 4) is 5.75 Å². The molecule has 1 aliphatic carbocycles. The quantitative estimate of drug-likeness (QED) is 0.560. The predicted molar refractivity (Wildman–Crippen MR) is 126 cm³/mol. The van der Waals surface area contributed by atoms with Crippen LogP contribution in [-0.4, -0.2) is 49.3 Å². The highest BCUT2D eigenvalue weighted by Crippen LogP contribution is 2.34. The van der Waals surface area contributed by atoms with Crippen molar-refractivity contribution < 1.29 is 19.4 Å². The topological polar surface area (TPSA) is 59.0 Å². The molecule has 1 atom stereocenters. The monoisotopic (exact) mass is 455 g/mol. The second-order valence-electron chi connectivity index (χ2n) is 8.69. The fourth-order valence-electron chi connectivity index (χ4n) is 4.60. The summed E-state index contributed by atoms with van der Waals surface area (Å²) in [4.78, 5) is 13.3. The van der Waals surface area contributed by atoms with Gasteiger partial charge in [0.15, 0.2) is 0 Å². The molecule has 1 aliphatic heterocycles. The van der Waals surface area contributed by atoms with Gasteiger partial charge < -0.3 is 14.6 Å². The van der Waals surface area contributed by atoms with Crippen LogP contribution in [0.25, 0.3) is 5.57 Å². The molecule has 2 aliphatic rings. The summed E-state index contributed by atoms with van der Waals surface area (Å²) in [6.07, 6.45) is 2.73. The molecule has 0 saturated carbocycles. The maximum atomic E-state index is 11.0. The van der Waals surface area contributed by atoms with Crippen molar-refractivity contribution in [1.82, 2.24) is 4.90 Å². The second kappa shape index (κ2) is 10.1. The van der Waals surface area contributed by atoms with E-state index in [0.29, 0.717) is 19.7 Å². The maximum Gasteiger partial charge on any atom is 0.309 e. The molecule has 1 saturated heterocycles. The number of carboxylic acid groups (broad SMARTS) is 1. The van der Waals surface area contributed by atoms with E-state index in [0.717, 1.165) is 42.1 Å². The average Bonchev–Trinajstić information content (AvgIpc) is 2.75. The number of likely N-dealkylation sites (tertiary alicyclic amines) is 1. The van der Waals surface area contributed by atoms with Crippen LogP contribution in [0.15, 0.2) is 48.0 Å². The number of hydrogen-bond acceptors (Lipinski definition) is 4. The van der Waals surface area contributed by atoms with Gasteiger partial charge in [0.25, 0.3) is 0 Å². The Kier molecular flexibility index (Phi) is 7.19. The molecule has 1 N–H and O–H groups in total. The van der Waals surface area contributed by atoms with Crippen LogP contribution in [0.1, 0.15) is 42.6 Å². The number of allylic oxidation sites excluding steroid dienone is 1. The van der Waals surface area contributed by atoms with Crippen LogP contribution in [0.4, 0.5) is 0 Å². The summed E-state index contributed by atoms with van der Waals surface area (Å²) in [5, 5.41) is 9.79. The molecule has 0 bridgehead atoms. The highest BCUT2D eigenvalue weighted by atomic mass is 35.5. The summed E-state index contributed by atoms with van der Waals surface area (Å²) in [5.74, 6) is 0.000320. The van der Waals surface area contributed by atoms with Crippen LogP contribution in [0, 0.1) is 5.92 Å². The van der Waals surface area contributed by atoms with E-state index in [9.17, 15) is 4.79 Å². The van der Waals surface area contributed by atoms with Crippen molar-refractivity contribution in [2.75, 3.05) is 33.4 Å². The Labute approximate surface area is 194 Å². The van der Waals surface area contributed by atoms with Crippen LogP contribution < -0.4 is 4.74 Å². The molecule has 32 heavy (non-hydrogen) atoms. The molecular weight excluding hydrogens is 426 g/mol. The lowest BCUT2D eigenvalue weighted by atomic mass is 9.85. The van der Waals surface area contributed by atoms with E-state index in [-0.39, 0.29) is 12.0 Å². The van der Waals surface area contributed by atoms with Gasteiger partial charge in [-0.25, -0.2) is 0 Å². The lowest BCUT2D eigenvalue weighted by molar-refractivity contribution is -0.147. The van der Waals surface area contributed by atoms with Crippen molar-refractivity contribution in [3.63, 3.8) is 0 Å². The molecule has 1 heterocycles. The van der Waals surface area contributed by atoms with E-state index in [1.54, 1.807) is 7.11 Å². The minimum absolute atomic E-state index is 0.0279. The maximum absolute atomic E-state index is 11.0. The molecule has 170 valence electrons. The number of aliphatic carboxylic acids is 1. The minimum Gasteiger partial charge on any atom is -0.493 e. The van der Waals surface area contributed by atoms with Crippen LogP contribution >= 0.6 is 11.6 Å². The Balaban J connectivity index is 1.34. The normalized spacial score (nSPS) is 17.6. The van der Waals surface area contributed by atoms with E-state index in [1.165, 1.54) is 22.3 Å². The van der Waals surface area contributed by atoms with Crippen molar-refractivity contribution >= 4 is 23.1 Å². The van der Waals surface area contributed by atoms with Gasteiger partial charge >= 0.3 is 5.97 Å². The van der Waals surface area contributed by atoms with Gasteiger partial charge in [0, 0.05) is 38.2 Å². The predicted octanol–water partition coefficient (Wildman–Crippen LogP) is 5.23. The van der Waals surface area contributed by atoms with Gasteiger partial charge in [-0.15, -0.1) is 0 Å². The van der Waals surface area contributed by atoms with Crippen LogP contribution in [-0.2, 0) is 16.0 Å². The first-order valence-electron chi connectivity index (χ1n) is 11.1. The number of nitrogens with zero attached hydrogens (tertiary/aromatic N) is 1. The van der Waals surface area contributed by atoms with Gasteiger partial charge in [0.05, 0.1) is 18.6 Å². The van der Waals surface area contributed by atoms with Gasteiger partial charge in [-0.2, -0.15) is 0 Å². The smallest absolute Gasteiger partial charge is 0.309 e. The van der Waals surface area contributed by atoms with Gasteiger partial charge in [-0.1, -0.05) is 35.4 Å². The molecule has 0 spiro atoms. The largest absolute Gasteiger partial charge is 0.493 e. The molecule has 2 aromatic rings. The average molecular weight is 456 g/mol. The summed E-state index contributed by atoms with van der Waals surface area (Å²) >= 11 is 5.98. The highest BCUT2D eigenvalue weighted by molar-refractivity contribution is 6.30. The molecule has 0 radical (unpaired) electrons. The number of methoxy groups -OCH3 is 1. The number of halogens is 1. The Morgan fingerprint density at radius 1 is 1.19 bits per heavy atom. The summed E-state index contributed by atoms with van der Waals surface area (Å²) in [6, 6.07) is 14.1. The van der Waals surface area contributed by atoms with Gasteiger partial charge in [-0.05, 0) is 66.3 Å². The first-order valence-corrected chi connectivity index (χ1v) is 11.5. The number of aryl methyl sites for hydroxylation is 1. The molecule has 4 rings (SSSR count). The second-order valence-corrected chi connectivity index (χ2v) is 9.13. The van der Waals surface area contributed by atoms with Gasteiger partial charge in [0.2, 0.25) is 0 Å². The molecule has 2 aromatic carbocycles.